The fraction of sp³-hybridized carbons (Fsp3) is 0.188. The van der Waals surface area contributed by atoms with Gasteiger partial charge >= 0.3 is 0 Å². The summed E-state index contributed by atoms with van der Waals surface area (Å²) in [4.78, 5) is 12.2. The largest absolute Gasteiger partial charge is 0.343 e. The maximum absolute atomic E-state index is 13.8. The van der Waals surface area contributed by atoms with Gasteiger partial charge in [0.25, 0.3) is 5.91 Å². The summed E-state index contributed by atoms with van der Waals surface area (Å²) in [5.74, 6) is -0.680. The van der Waals surface area contributed by atoms with E-state index >= 15 is 0 Å². The Balaban J connectivity index is 2.27. The van der Waals surface area contributed by atoms with Crippen molar-refractivity contribution in [3.05, 3.63) is 70.5 Å². The van der Waals surface area contributed by atoms with Gasteiger partial charge in [0.05, 0.1) is 16.1 Å². The Morgan fingerprint density at radius 3 is 2.35 bits per heavy atom. The zero-order valence-electron chi connectivity index (χ0n) is 11.3. The molecule has 2 rings (SSSR count). The molecule has 0 radical (unpaired) electrons. The van der Waals surface area contributed by atoms with E-state index in [1.54, 1.807) is 56.3 Å². The van der Waals surface area contributed by atoms with Crippen LogP contribution in [-0.2, 0) is 5.54 Å². The van der Waals surface area contributed by atoms with Crippen molar-refractivity contribution in [2.24, 2.45) is 0 Å². The van der Waals surface area contributed by atoms with Crippen molar-refractivity contribution in [3.8, 4) is 0 Å². The predicted octanol–water partition coefficient (Wildman–Crippen LogP) is 4.14. The highest BCUT2D eigenvalue weighted by Crippen LogP contribution is 2.24. The van der Waals surface area contributed by atoms with E-state index in [9.17, 15) is 9.18 Å². The van der Waals surface area contributed by atoms with E-state index in [-0.39, 0.29) is 11.7 Å². The molecule has 0 saturated carbocycles. The molecule has 0 aromatic heterocycles. The third-order valence-electron chi connectivity index (χ3n) is 3.09. The minimum atomic E-state index is -0.832. The van der Waals surface area contributed by atoms with Crippen molar-refractivity contribution in [2.45, 2.75) is 19.4 Å². The molecule has 0 aliphatic heterocycles. The van der Waals surface area contributed by atoms with Crippen LogP contribution in [0.2, 0.25) is 5.02 Å². The number of benzene rings is 2. The molecule has 0 heterocycles. The highest BCUT2D eigenvalue weighted by atomic mass is 35.5. The van der Waals surface area contributed by atoms with Crippen molar-refractivity contribution in [1.82, 2.24) is 5.32 Å². The smallest absolute Gasteiger partial charge is 0.253 e. The summed E-state index contributed by atoms with van der Waals surface area (Å²) in [6, 6.07) is 13.1. The van der Waals surface area contributed by atoms with E-state index in [0.717, 1.165) is 0 Å². The van der Waals surface area contributed by atoms with E-state index in [4.69, 9.17) is 11.6 Å². The van der Waals surface area contributed by atoms with Crippen molar-refractivity contribution in [3.63, 3.8) is 0 Å². The minimum Gasteiger partial charge on any atom is -0.343 e. The summed E-state index contributed by atoms with van der Waals surface area (Å²) >= 11 is 5.99. The zero-order valence-corrected chi connectivity index (χ0v) is 12.0. The van der Waals surface area contributed by atoms with Crippen LogP contribution in [0.5, 0.6) is 0 Å². The first-order valence-corrected chi connectivity index (χ1v) is 6.61. The molecule has 0 spiro atoms. The van der Waals surface area contributed by atoms with Gasteiger partial charge in [-0.05, 0) is 32.0 Å². The van der Waals surface area contributed by atoms with Crippen LogP contribution in [-0.4, -0.2) is 5.91 Å². The van der Waals surface area contributed by atoms with E-state index in [1.807, 2.05) is 0 Å². The summed E-state index contributed by atoms with van der Waals surface area (Å²) in [6.45, 7) is 3.50. The summed E-state index contributed by atoms with van der Waals surface area (Å²) in [5.41, 5.74) is -0.0271. The molecule has 104 valence electrons. The predicted molar refractivity (Wildman–Crippen MR) is 78.3 cm³/mol. The first kappa shape index (κ1) is 14.5. The molecule has 1 N–H and O–H groups in total. The first-order valence-electron chi connectivity index (χ1n) is 6.24. The van der Waals surface area contributed by atoms with E-state index in [1.165, 1.54) is 6.07 Å². The maximum atomic E-state index is 13.8. The molecule has 0 bridgehead atoms. The molecule has 2 nitrogen and oxygen atoms in total. The van der Waals surface area contributed by atoms with Crippen molar-refractivity contribution in [1.29, 1.82) is 0 Å². The minimum absolute atomic E-state index is 0.330. The van der Waals surface area contributed by atoms with Gasteiger partial charge in [0.15, 0.2) is 0 Å². The Bertz CT molecular complexity index is 640. The SMILES string of the molecule is CC(C)(NC(=O)c1ccccc1Cl)c1ccccc1F. The Morgan fingerprint density at radius 1 is 1.10 bits per heavy atom. The topological polar surface area (TPSA) is 29.1 Å². The molecule has 0 unspecified atom stereocenters. The van der Waals surface area contributed by atoms with Crippen molar-refractivity contribution in [2.75, 3.05) is 0 Å². The monoisotopic (exact) mass is 291 g/mol. The highest BCUT2D eigenvalue weighted by Gasteiger charge is 2.26. The molecule has 20 heavy (non-hydrogen) atoms. The third-order valence-corrected chi connectivity index (χ3v) is 3.42. The van der Waals surface area contributed by atoms with Gasteiger partial charge in [-0.2, -0.15) is 0 Å². The maximum Gasteiger partial charge on any atom is 0.253 e. The van der Waals surface area contributed by atoms with Crippen LogP contribution in [0, 0.1) is 5.82 Å². The van der Waals surface area contributed by atoms with E-state index in [0.29, 0.717) is 16.1 Å². The molecule has 0 fully saturated rings. The standard InChI is InChI=1S/C16H15ClFNO/c1-16(2,12-8-4-6-10-14(12)18)19-15(20)11-7-3-5-9-13(11)17/h3-10H,1-2H3,(H,19,20). The van der Waals surface area contributed by atoms with Crippen LogP contribution in [0.1, 0.15) is 29.8 Å². The van der Waals surface area contributed by atoms with Gasteiger partial charge in [0, 0.05) is 5.56 Å². The lowest BCUT2D eigenvalue weighted by molar-refractivity contribution is 0.0911. The Labute approximate surface area is 122 Å². The number of halogens is 2. The van der Waals surface area contributed by atoms with Gasteiger partial charge in [-0.3, -0.25) is 4.79 Å². The van der Waals surface area contributed by atoms with Crippen LogP contribution in [0.15, 0.2) is 48.5 Å². The lowest BCUT2D eigenvalue weighted by Crippen LogP contribution is -2.41. The highest BCUT2D eigenvalue weighted by molar-refractivity contribution is 6.33. The number of amides is 1. The molecule has 0 aliphatic carbocycles. The Hall–Kier alpha value is -1.87. The van der Waals surface area contributed by atoms with Crippen LogP contribution in [0.3, 0.4) is 0 Å². The van der Waals surface area contributed by atoms with Gasteiger partial charge < -0.3 is 5.32 Å². The lowest BCUT2D eigenvalue weighted by Gasteiger charge is -2.27. The summed E-state index contributed by atoms with van der Waals surface area (Å²) in [7, 11) is 0. The Kier molecular flexibility index (Phi) is 4.09. The summed E-state index contributed by atoms with van der Waals surface area (Å²) in [6.07, 6.45) is 0. The van der Waals surface area contributed by atoms with Crippen LogP contribution < -0.4 is 5.32 Å². The average Bonchev–Trinajstić information content (AvgIpc) is 2.38. The molecule has 1 amide bonds. The van der Waals surface area contributed by atoms with Gasteiger partial charge in [0.1, 0.15) is 5.82 Å². The molecule has 4 heteroatoms. The van der Waals surface area contributed by atoms with Crippen LogP contribution >= 0.6 is 11.6 Å². The van der Waals surface area contributed by atoms with Gasteiger partial charge in [-0.15, -0.1) is 0 Å². The number of hydrogen-bond acceptors (Lipinski definition) is 1. The second kappa shape index (κ2) is 5.63. The molecular weight excluding hydrogens is 277 g/mol. The van der Waals surface area contributed by atoms with Crippen LogP contribution in [0.25, 0.3) is 0 Å². The molecule has 2 aromatic rings. The fourth-order valence-corrected chi connectivity index (χ4v) is 2.25. The third kappa shape index (κ3) is 2.99. The number of hydrogen-bond donors (Lipinski definition) is 1. The van der Waals surface area contributed by atoms with Crippen molar-refractivity contribution < 1.29 is 9.18 Å². The number of nitrogens with one attached hydrogen (secondary N) is 1. The zero-order chi connectivity index (χ0) is 14.8. The fourth-order valence-electron chi connectivity index (χ4n) is 2.03. The van der Waals surface area contributed by atoms with Crippen molar-refractivity contribution >= 4 is 17.5 Å². The number of carbonyl (C=O) groups is 1. The Morgan fingerprint density at radius 2 is 1.70 bits per heavy atom. The normalized spacial score (nSPS) is 11.2. The first-order chi connectivity index (χ1) is 9.42. The molecule has 0 atom stereocenters. The summed E-state index contributed by atoms with van der Waals surface area (Å²) in [5, 5.41) is 3.18. The lowest BCUT2D eigenvalue weighted by atomic mass is 9.93. The number of rotatable bonds is 3. The quantitative estimate of drug-likeness (QED) is 0.904. The molecular formula is C16H15ClFNO. The van der Waals surface area contributed by atoms with Gasteiger partial charge in [-0.25, -0.2) is 4.39 Å². The molecule has 2 aromatic carbocycles. The van der Waals surface area contributed by atoms with E-state index < -0.39 is 5.54 Å². The molecule has 0 saturated heterocycles. The van der Waals surface area contributed by atoms with Gasteiger partial charge in [-0.1, -0.05) is 41.9 Å². The second-order valence-corrected chi connectivity index (χ2v) is 5.45. The summed E-state index contributed by atoms with van der Waals surface area (Å²) < 4.78 is 13.8. The van der Waals surface area contributed by atoms with Crippen LogP contribution in [0.4, 0.5) is 4.39 Å². The molecule has 0 aliphatic rings. The van der Waals surface area contributed by atoms with E-state index in [2.05, 4.69) is 5.32 Å². The van der Waals surface area contributed by atoms with Gasteiger partial charge in [0.2, 0.25) is 0 Å². The second-order valence-electron chi connectivity index (χ2n) is 5.04. The number of carbonyl (C=O) groups excluding carboxylic acids is 1. The average molecular weight is 292 g/mol.